The number of aromatic amines is 1. The van der Waals surface area contributed by atoms with Gasteiger partial charge in [-0.25, -0.2) is 4.98 Å². The van der Waals surface area contributed by atoms with E-state index >= 15 is 0 Å². The Morgan fingerprint density at radius 1 is 1.24 bits per heavy atom. The molecule has 2 heterocycles. The van der Waals surface area contributed by atoms with Gasteiger partial charge in [0, 0.05) is 23.5 Å². The number of rotatable bonds is 3. The Hall–Kier alpha value is -2.23. The monoisotopic (exact) mass is 227 g/mol. The number of benzene rings is 1. The summed E-state index contributed by atoms with van der Waals surface area (Å²) in [7, 11) is 0. The maximum atomic E-state index is 5.43. The van der Waals surface area contributed by atoms with Crippen molar-refractivity contribution in [2.24, 2.45) is 0 Å². The normalized spacial score (nSPS) is 11.1. The Balaban J connectivity index is 1.81. The first-order valence-electron chi connectivity index (χ1n) is 5.58. The second kappa shape index (κ2) is 3.97. The number of fused-ring (bicyclic) bond motifs is 1. The summed E-state index contributed by atoms with van der Waals surface area (Å²) < 4.78 is 5.25. The number of oxazole rings is 1. The van der Waals surface area contributed by atoms with Crippen LogP contribution in [-0.2, 0) is 12.8 Å². The van der Waals surface area contributed by atoms with Gasteiger partial charge in [-0.05, 0) is 18.1 Å². The van der Waals surface area contributed by atoms with Crippen molar-refractivity contribution in [2.75, 3.05) is 5.73 Å². The predicted octanol–water partition coefficient (Wildman–Crippen LogP) is 2.52. The molecule has 0 radical (unpaired) electrons. The second-order valence-electron chi connectivity index (χ2n) is 4.02. The van der Waals surface area contributed by atoms with E-state index in [1.165, 1.54) is 16.5 Å². The molecule has 4 heteroatoms. The van der Waals surface area contributed by atoms with Crippen LogP contribution in [0.5, 0.6) is 0 Å². The van der Waals surface area contributed by atoms with Crippen LogP contribution in [0.2, 0.25) is 0 Å². The maximum Gasteiger partial charge on any atom is 0.292 e. The van der Waals surface area contributed by atoms with Crippen molar-refractivity contribution in [3.8, 4) is 0 Å². The van der Waals surface area contributed by atoms with Gasteiger partial charge in [-0.15, -0.1) is 0 Å². The summed E-state index contributed by atoms with van der Waals surface area (Å²) in [5, 5.41) is 1.26. The average Bonchev–Trinajstić information content (AvgIpc) is 2.93. The van der Waals surface area contributed by atoms with Crippen molar-refractivity contribution >= 4 is 16.9 Å². The Labute approximate surface area is 98.5 Å². The minimum Gasteiger partial charge on any atom is -0.429 e. The van der Waals surface area contributed by atoms with Crippen molar-refractivity contribution in [3.63, 3.8) is 0 Å². The van der Waals surface area contributed by atoms with Gasteiger partial charge in [0.15, 0.2) is 0 Å². The standard InChI is InChI=1S/C13H13N3O/c14-13-16-8-10(17-13)6-5-9-7-15-12-4-2-1-3-11(9)12/h1-4,7-8,15H,5-6H2,(H2,14,16). The molecule has 4 nitrogen and oxygen atoms in total. The average molecular weight is 227 g/mol. The van der Waals surface area contributed by atoms with Crippen LogP contribution in [0.15, 0.2) is 41.1 Å². The molecule has 2 aromatic heterocycles. The van der Waals surface area contributed by atoms with Crippen LogP contribution in [0, 0.1) is 0 Å². The van der Waals surface area contributed by atoms with E-state index in [0.717, 1.165) is 18.6 Å². The largest absolute Gasteiger partial charge is 0.429 e. The molecule has 3 N–H and O–H groups in total. The first kappa shape index (κ1) is 9.96. The predicted molar refractivity (Wildman–Crippen MR) is 66.6 cm³/mol. The number of hydrogen-bond acceptors (Lipinski definition) is 3. The number of anilines is 1. The highest BCUT2D eigenvalue weighted by molar-refractivity contribution is 5.83. The van der Waals surface area contributed by atoms with Gasteiger partial charge in [-0.2, -0.15) is 0 Å². The van der Waals surface area contributed by atoms with Crippen molar-refractivity contribution < 1.29 is 4.42 Å². The molecular formula is C13H13N3O. The number of nitrogens with one attached hydrogen (secondary N) is 1. The number of nitrogens with zero attached hydrogens (tertiary/aromatic N) is 1. The fraction of sp³-hybridized carbons (Fsp3) is 0.154. The lowest BCUT2D eigenvalue weighted by atomic mass is 10.1. The van der Waals surface area contributed by atoms with E-state index in [2.05, 4.69) is 22.1 Å². The molecule has 3 aromatic rings. The third-order valence-electron chi connectivity index (χ3n) is 2.89. The second-order valence-corrected chi connectivity index (χ2v) is 4.02. The van der Waals surface area contributed by atoms with E-state index in [9.17, 15) is 0 Å². The molecule has 3 rings (SSSR count). The van der Waals surface area contributed by atoms with Crippen LogP contribution in [0.1, 0.15) is 11.3 Å². The maximum absolute atomic E-state index is 5.43. The van der Waals surface area contributed by atoms with Crippen molar-refractivity contribution in [1.82, 2.24) is 9.97 Å². The van der Waals surface area contributed by atoms with Gasteiger partial charge in [-0.3, -0.25) is 0 Å². The summed E-state index contributed by atoms with van der Waals surface area (Å²) in [5.41, 5.74) is 7.89. The van der Waals surface area contributed by atoms with Gasteiger partial charge < -0.3 is 15.1 Å². The molecule has 0 aliphatic rings. The number of aryl methyl sites for hydroxylation is 2. The molecule has 1 aromatic carbocycles. The fourth-order valence-electron chi connectivity index (χ4n) is 2.03. The summed E-state index contributed by atoms with van der Waals surface area (Å²) in [5.74, 6) is 0.827. The van der Waals surface area contributed by atoms with E-state index in [0.29, 0.717) is 0 Å². The quantitative estimate of drug-likeness (QED) is 0.722. The van der Waals surface area contributed by atoms with Gasteiger partial charge >= 0.3 is 0 Å². The summed E-state index contributed by atoms with van der Waals surface area (Å²) in [6, 6.07) is 8.51. The van der Waals surface area contributed by atoms with E-state index in [-0.39, 0.29) is 6.01 Å². The molecule has 0 fully saturated rings. The highest BCUT2D eigenvalue weighted by atomic mass is 16.4. The van der Waals surface area contributed by atoms with Gasteiger partial charge in [0.1, 0.15) is 5.76 Å². The lowest BCUT2D eigenvalue weighted by molar-refractivity contribution is 0.522. The van der Waals surface area contributed by atoms with E-state index in [1.807, 2.05) is 18.3 Å². The van der Waals surface area contributed by atoms with Gasteiger partial charge in [0.2, 0.25) is 0 Å². The highest BCUT2D eigenvalue weighted by Gasteiger charge is 2.05. The Morgan fingerprint density at radius 2 is 2.12 bits per heavy atom. The van der Waals surface area contributed by atoms with Crippen LogP contribution in [0.25, 0.3) is 10.9 Å². The lowest BCUT2D eigenvalue weighted by Crippen LogP contribution is -1.88. The zero-order valence-corrected chi connectivity index (χ0v) is 9.31. The number of nitrogens with two attached hydrogens (primary N) is 1. The molecule has 0 aliphatic heterocycles. The molecule has 0 atom stereocenters. The first-order chi connectivity index (χ1) is 8.33. The third-order valence-corrected chi connectivity index (χ3v) is 2.89. The number of nitrogen functional groups attached to an aromatic ring is 1. The van der Waals surface area contributed by atoms with Crippen molar-refractivity contribution in [2.45, 2.75) is 12.8 Å². The third kappa shape index (κ3) is 1.89. The summed E-state index contributed by atoms with van der Waals surface area (Å²) in [6.07, 6.45) is 5.46. The first-order valence-corrected chi connectivity index (χ1v) is 5.58. The van der Waals surface area contributed by atoms with Gasteiger partial charge in [-0.1, -0.05) is 18.2 Å². The Bertz CT molecular complexity index is 639. The molecule has 0 bridgehead atoms. The summed E-state index contributed by atoms with van der Waals surface area (Å²) in [4.78, 5) is 7.14. The highest BCUT2D eigenvalue weighted by Crippen LogP contribution is 2.19. The summed E-state index contributed by atoms with van der Waals surface area (Å²) in [6.45, 7) is 0. The smallest absolute Gasteiger partial charge is 0.292 e. The van der Waals surface area contributed by atoms with E-state index in [1.54, 1.807) is 6.20 Å². The Morgan fingerprint density at radius 3 is 2.94 bits per heavy atom. The van der Waals surface area contributed by atoms with Crippen molar-refractivity contribution in [1.29, 1.82) is 0 Å². The number of hydrogen-bond donors (Lipinski definition) is 2. The van der Waals surface area contributed by atoms with Crippen LogP contribution < -0.4 is 5.73 Å². The van der Waals surface area contributed by atoms with Gasteiger partial charge in [0.25, 0.3) is 6.01 Å². The number of para-hydroxylation sites is 1. The molecule has 0 saturated heterocycles. The van der Waals surface area contributed by atoms with Crippen molar-refractivity contribution in [3.05, 3.63) is 48.0 Å². The minimum absolute atomic E-state index is 0.235. The van der Waals surface area contributed by atoms with Crippen LogP contribution in [0.4, 0.5) is 6.01 Å². The molecule has 0 unspecified atom stereocenters. The fourth-order valence-corrected chi connectivity index (χ4v) is 2.03. The Kier molecular flexibility index (Phi) is 2.33. The van der Waals surface area contributed by atoms with Crippen LogP contribution in [0.3, 0.4) is 0 Å². The van der Waals surface area contributed by atoms with E-state index in [4.69, 9.17) is 10.2 Å². The van der Waals surface area contributed by atoms with Gasteiger partial charge in [0.05, 0.1) is 6.20 Å². The summed E-state index contributed by atoms with van der Waals surface area (Å²) >= 11 is 0. The molecule has 0 amide bonds. The number of H-pyrrole nitrogens is 1. The zero-order chi connectivity index (χ0) is 11.7. The topological polar surface area (TPSA) is 67.8 Å². The molecule has 0 spiro atoms. The lowest BCUT2D eigenvalue weighted by Gasteiger charge is -1.96. The minimum atomic E-state index is 0.235. The zero-order valence-electron chi connectivity index (χ0n) is 9.31. The molecular weight excluding hydrogens is 214 g/mol. The van der Waals surface area contributed by atoms with Crippen LogP contribution >= 0.6 is 0 Å². The molecule has 86 valence electrons. The number of aromatic nitrogens is 2. The van der Waals surface area contributed by atoms with E-state index < -0.39 is 0 Å². The SMILES string of the molecule is Nc1ncc(CCc2c[nH]c3ccccc23)o1. The van der Waals surface area contributed by atoms with Crippen LogP contribution in [-0.4, -0.2) is 9.97 Å². The molecule has 0 saturated carbocycles. The molecule has 17 heavy (non-hydrogen) atoms. The molecule has 0 aliphatic carbocycles.